The first-order valence-electron chi connectivity index (χ1n) is 4.44. The average molecular weight is 181 g/mol. The van der Waals surface area contributed by atoms with Crippen molar-refractivity contribution < 1.29 is 9.53 Å². The molecule has 0 amide bonds. The van der Waals surface area contributed by atoms with Gasteiger partial charge in [0.25, 0.3) is 0 Å². The van der Waals surface area contributed by atoms with E-state index in [2.05, 4.69) is 4.98 Å². The molecule has 0 unspecified atom stereocenters. The second-order valence-electron chi connectivity index (χ2n) is 3.08. The molecule has 0 saturated heterocycles. The van der Waals surface area contributed by atoms with Crippen LogP contribution in [0.15, 0.2) is 6.07 Å². The molecule has 0 radical (unpaired) electrons. The van der Waals surface area contributed by atoms with Crippen LogP contribution in [0.2, 0.25) is 0 Å². The standard InChI is InChI=1S/C10H15NO2/c1-4-13-10(12)6-9-5-7(2)8(3)11-9/h5,11H,4,6H2,1-3H3. The molecule has 1 rings (SSSR count). The summed E-state index contributed by atoms with van der Waals surface area (Å²) in [7, 11) is 0. The number of rotatable bonds is 3. The van der Waals surface area contributed by atoms with Crippen LogP contribution in [0.1, 0.15) is 23.9 Å². The smallest absolute Gasteiger partial charge is 0.311 e. The SMILES string of the molecule is CCOC(=O)Cc1cc(C)c(C)[nH]1. The van der Waals surface area contributed by atoms with E-state index < -0.39 is 0 Å². The fourth-order valence-electron chi connectivity index (χ4n) is 1.21. The Morgan fingerprint density at radius 3 is 2.69 bits per heavy atom. The van der Waals surface area contributed by atoms with Crippen LogP contribution >= 0.6 is 0 Å². The molecule has 3 heteroatoms. The van der Waals surface area contributed by atoms with E-state index >= 15 is 0 Å². The molecule has 0 atom stereocenters. The van der Waals surface area contributed by atoms with Gasteiger partial charge < -0.3 is 9.72 Å². The summed E-state index contributed by atoms with van der Waals surface area (Å²) in [6, 6.07) is 1.98. The molecule has 3 nitrogen and oxygen atoms in total. The van der Waals surface area contributed by atoms with E-state index in [4.69, 9.17) is 4.74 Å². The van der Waals surface area contributed by atoms with E-state index in [0.29, 0.717) is 13.0 Å². The maximum absolute atomic E-state index is 11.1. The second kappa shape index (κ2) is 4.12. The van der Waals surface area contributed by atoms with Gasteiger partial charge in [0.1, 0.15) is 0 Å². The third-order valence-corrected chi connectivity index (χ3v) is 1.97. The van der Waals surface area contributed by atoms with Gasteiger partial charge >= 0.3 is 5.97 Å². The predicted molar refractivity (Wildman–Crippen MR) is 50.6 cm³/mol. The lowest BCUT2D eigenvalue weighted by Crippen LogP contribution is -2.07. The Kier molecular flexibility index (Phi) is 3.12. The zero-order valence-corrected chi connectivity index (χ0v) is 8.31. The lowest BCUT2D eigenvalue weighted by molar-refractivity contribution is -0.142. The molecule has 0 bridgehead atoms. The Morgan fingerprint density at radius 1 is 1.54 bits per heavy atom. The van der Waals surface area contributed by atoms with E-state index in [9.17, 15) is 4.79 Å². The van der Waals surface area contributed by atoms with Crippen molar-refractivity contribution in [2.45, 2.75) is 27.2 Å². The number of aryl methyl sites for hydroxylation is 2. The Hall–Kier alpha value is -1.25. The highest BCUT2D eigenvalue weighted by Gasteiger charge is 2.06. The van der Waals surface area contributed by atoms with E-state index in [-0.39, 0.29) is 5.97 Å². The maximum Gasteiger partial charge on any atom is 0.311 e. The van der Waals surface area contributed by atoms with Crippen molar-refractivity contribution in [1.29, 1.82) is 0 Å². The summed E-state index contributed by atoms with van der Waals surface area (Å²) in [5, 5.41) is 0. The van der Waals surface area contributed by atoms with Crippen LogP contribution in [-0.4, -0.2) is 17.6 Å². The lowest BCUT2D eigenvalue weighted by Gasteiger charge is -1.98. The fraction of sp³-hybridized carbons (Fsp3) is 0.500. The molecule has 1 heterocycles. The third-order valence-electron chi connectivity index (χ3n) is 1.97. The van der Waals surface area contributed by atoms with Gasteiger partial charge in [0, 0.05) is 11.4 Å². The van der Waals surface area contributed by atoms with Crippen molar-refractivity contribution >= 4 is 5.97 Å². The monoisotopic (exact) mass is 181 g/mol. The average Bonchev–Trinajstić information content (AvgIpc) is 2.31. The van der Waals surface area contributed by atoms with Gasteiger partial charge in [-0.1, -0.05) is 0 Å². The van der Waals surface area contributed by atoms with Crippen molar-refractivity contribution in [3.8, 4) is 0 Å². The number of hydrogen-bond donors (Lipinski definition) is 1. The van der Waals surface area contributed by atoms with Crippen molar-refractivity contribution in [2.24, 2.45) is 0 Å². The number of carbonyl (C=O) groups is 1. The van der Waals surface area contributed by atoms with Gasteiger partial charge in [-0.15, -0.1) is 0 Å². The Labute approximate surface area is 78.1 Å². The van der Waals surface area contributed by atoms with E-state index in [0.717, 1.165) is 11.4 Å². The van der Waals surface area contributed by atoms with Crippen molar-refractivity contribution in [3.63, 3.8) is 0 Å². The quantitative estimate of drug-likeness (QED) is 0.722. The summed E-state index contributed by atoms with van der Waals surface area (Å²) in [6.07, 6.45) is 0.336. The molecule has 13 heavy (non-hydrogen) atoms. The highest BCUT2D eigenvalue weighted by Crippen LogP contribution is 2.08. The number of ether oxygens (including phenoxy) is 1. The summed E-state index contributed by atoms with van der Waals surface area (Å²) in [4.78, 5) is 14.2. The third kappa shape index (κ3) is 2.61. The highest BCUT2D eigenvalue weighted by molar-refractivity contribution is 5.72. The van der Waals surface area contributed by atoms with Gasteiger partial charge in [0.15, 0.2) is 0 Å². The van der Waals surface area contributed by atoms with Gasteiger partial charge in [-0.05, 0) is 32.4 Å². The highest BCUT2D eigenvalue weighted by atomic mass is 16.5. The molecule has 1 aromatic rings. The van der Waals surface area contributed by atoms with Crippen LogP contribution < -0.4 is 0 Å². The number of hydrogen-bond acceptors (Lipinski definition) is 2. The van der Waals surface area contributed by atoms with Crippen LogP contribution in [0.25, 0.3) is 0 Å². The predicted octanol–water partition coefficient (Wildman–Crippen LogP) is 1.74. The number of aromatic amines is 1. The summed E-state index contributed by atoms with van der Waals surface area (Å²) in [5.74, 6) is -0.177. The minimum atomic E-state index is -0.177. The summed E-state index contributed by atoms with van der Waals surface area (Å²) in [5.41, 5.74) is 3.21. The van der Waals surface area contributed by atoms with Crippen molar-refractivity contribution in [3.05, 3.63) is 23.0 Å². The van der Waals surface area contributed by atoms with Crippen molar-refractivity contribution in [1.82, 2.24) is 4.98 Å². The zero-order chi connectivity index (χ0) is 9.84. The van der Waals surface area contributed by atoms with Gasteiger partial charge in [-0.2, -0.15) is 0 Å². The molecule has 0 aliphatic rings. The van der Waals surface area contributed by atoms with Crippen LogP contribution in [0.4, 0.5) is 0 Å². The van der Waals surface area contributed by atoms with Crippen molar-refractivity contribution in [2.75, 3.05) is 6.61 Å². The zero-order valence-electron chi connectivity index (χ0n) is 8.31. The molecule has 0 saturated carbocycles. The van der Waals surface area contributed by atoms with E-state index in [1.165, 1.54) is 5.56 Å². The first kappa shape index (κ1) is 9.84. The summed E-state index contributed by atoms with van der Waals surface area (Å²) < 4.78 is 4.84. The minimum absolute atomic E-state index is 0.177. The molecular weight excluding hydrogens is 166 g/mol. The van der Waals surface area contributed by atoms with Gasteiger partial charge in [-0.25, -0.2) is 0 Å². The number of esters is 1. The Bertz CT molecular complexity index is 282. The molecule has 0 fully saturated rings. The van der Waals surface area contributed by atoms with Gasteiger partial charge in [-0.3, -0.25) is 4.79 Å². The first-order chi connectivity index (χ1) is 6.13. The van der Waals surface area contributed by atoms with Gasteiger partial charge in [0.05, 0.1) is 13.0 Å². The molecular formula is C10H15NO2. The Balaban J connectivity index is 2.59. The Morgan fingerprint density at radius 2 is 2.23 bits per heavy atom. The maximum atomic E-state index is 11.1. The summed E-state index contributed by atoms with van der Waals surface area (Å²) >= 11 is 0. The normalized spacial score (nSPS) is 10.1. The number of carbonyl (C=O) groups excluding carboxylic acids is 1. The van der Waals surface area contributed by atoms with Crippen LogP contribution in [0.5, 0.6) is 0 Å². The largest absolute Gasteiger partial charge is 0.466 e. The summed E-state index contributed by atoms with van der Waals surface area (Å²) in [6.45, 7) is 6.26. The number of H-pyrrole nitrogens is 1. The molecule has 0 aromatic carbocycles. The van der Waals surface area contributed by atoms with Crippen LogP contribution in [0, 0.1) is 13.8 Å². The molecule has 72 valence electrons. The molecule has 1 aromatic heterocycles. The molecule has 1 N–H and O–H groups in total. The van der Waals surface area contributed by atoms with E-state index in [1.54, 1.807) is 0 Å². The van der Waals surface area contributed by atoms with Gasteiger partial charge in [0.2, 0.25) is 0 Å². The minimum Gasteiger partial charge on any atom is -0.466 e. The first-order valence-corrected chi connectivity index (χ1v) is 4.44. The molecule has 0 aliphatic heterocycles. The topological polar surface area (TPSA) is 42.1 Å². The van der Waals surface area contributed by atoms with E-state index in [1.807, 2.05) is 26.8 Å². The molecule has 0 aliphatic carbocycles. The molecule has 0 spiro atoms. The van der Waals surface area contributed by atoms with Crippen LogP contribution in [-0.2, 0) is 16.0 Å². The second-order valence-corrected chi connectivity index (χ2v) is 3.08. The van der Waals surface area contributed by atoms with Crippen LogP contribution in [0.3, 0.4) is 0 Å². The lowest BCUT2D eigenvalue weighted by atomic mass is 10.2. The fourth-order valence-corrected chi connectivity index (χ4v) is 1.21. The number of aromatic nitrogens is 1. The number of nitrogens with one attached hydrogen (secondary N) is 1.